The molecule has 0 aliphatic rings. The number of fused-ring (bicyclic) bond motifs is 1. The van der Waals surface area contributed by atoms with Crippen LogP contribution in [0.25, 0.3) is 10.2 Å². The molecule has 0 bridgehead atoms. The minimum atomic E-state index is -0.458. The Hall–Kier alpha value is -3.40. The van der Waals surface area contributed by atoms with E-state index in [1.54, 1.807) is 32.4 Å². The van der Waals surface area contributed by atoms with Crippen LogP contribution in [0.15, 0.2) is 70.3 Å². The van der Waals surface area contributed by atoms with Gasteiger partial charge in [-0.15, -0.1) is 11.3 Å². The number of phenolic OH excluding ortho intramolecular Hbond substituents is 1. The molecule has 0 radical (unpaired) electrons. The molecule has 1 atom stereocenters. The smallest absolute Gasteiger partial charge is 0.331 e. The monoisotopic (exact) mass is 467 g/mol. The van der Waals surface area contributed by atoms with Gasteiger partial charge in [0.05, 0.1) is 16.8 Å². The lowest BCUT2D eigenvalue weighted by Crippen LogP contribution is -2.39. The lowest BCUT2D eigenvalue weighted by atomic mass is 10.2. The van der Waals surface area contributed by atoms with Gasteiger partial charge in [-0.1, -0.05) is 30.3 Å². The number of aromatic hydroxyl groups is 1. The van der Waals surface area contributed by atoms with E-state index in [0.717, 1.165) is 10.4 Å². The number of thiophene rings is 1. The second kappa shape index (κ2) is 10.0. The maximum atomic E-state index is 13.1. The maximum absolute atomic E-state index is 13.1. The molecule has 4 rings (SSSR count). The molecule has 172 valence electrons. The number of nitrogens with one attached hydrogen (secondary N) is 1. The Kier molecular flexibility index (Phi) is 6.93. The van der Waals surface area contributed by atoms with E-state index in [-0.39, 0.29) is 30.2 Å². The molecule has 2 aromatic heterocycles. The van der Waals surface area contributed by atoms with Crippen molar-refractivity contribution in [2.24, 2.45) is 7.05 Å². The normalized spacial score (nSPS) is 12.2. The van der Waals surface area contributed by atoms with Crippen LogP contribution in [0.2, 0.25) is 0 Å². The second-order valence-electron chi connectivity index (χ2n) is 7.49. The molecule has 0 aliphatic carbocycles. The van der Waals surface area contributed by atoms with E-state index in [4.69, 9.17) is 9.47 Å². The number of methoxy groups -OCH3 is 1. The highest BCUT2D eigenvalue weighted by molar-refractivity contribution is 7.18. The van der Waals surface area contributed by atoms with Crippen molar-refractivity contribution in [1.29, 1.82) is 0 Å². The molecule has 0 amide bonds. The Bertz CT molecular complexity index is 1340. The number of para-hydroxylation sites is 1. The Balaban J connectivity index is 1.56. The van der Waals surface area contributed by atoms with E-state index in [1.165, 1.54) is 20.5 Å². The summed E-state index contributed by atoms with van der Waals surface area (Å²) in [5.41, 5.74) is 0.244. The molecule has 2 aromatic carbocycles. The molecule has 8 nitrogen and oxygen atoms in total. The Labute approximate surface area is 194 Å². The molecule has 9 heteroatoms. The van der Waals surface area contributed by atoms with Crippen molar-refractivity contribution in [3.63, 3.8) is 0 Å². The molecule has 1 unspecified atom stereocenters. The highest BCUT2D eigenvalue weighted by atomic mass is 32.1. The summed E-state index contributed by atoms with van der Waals surface area (Å²) in [4.78, 5) is 27.3. The fourth-order valence-corrected chi connectivity index (χ4v) is 4.68. The zero-order valence-electron chi connectivity index (χ0n) is 18.4. The van der Waals surface area contributed by atoms with Crippen molar-refractivity contribution in [1.82, 2.24) is 14.5 Å². The molecule has 0 saturated carbocycles. The number of aromatic nitrogens is 2. The van der Waals surface area contributed by atoms with E-state index >= 15 is 0 Å². The average Bonchev–Trinajstić information content (AvgIpc) is 3.28. The topological polar surface area (TPSA) is 94.7 Å². The number of phenols is 1. The van der Waals surface area contributed by atoms with E-state index in [0.29, 0.717) is 22.5 Å². The quantitative estimate of drug-likeness (QED) is 0.368. The van der Waals surface area contributed by atoms with Crippen LogP contribution in [0.3, 0.4) is 0 Å². The van der Waals surface area contributed by atoms with Crippen LogP contribution in [-0.2, 0) is 24.9 Å². The summed E-state index contributed by atoms with van der Waals surface area (Å²) in [6, 6.07) is 17.9. The van der Waals surface area contributed by atoms with Gasteiger partial charge < -0.3 is 14.6 Å². The number of benzene rings is 2. The predicted molar refractivity (Wildman–Crippen MR) is 128 cm³/mol. The van der Waals surface area contributed by atoms with Gasteiger partial charge in [0, 0.05) is 20.7 Å². The highest BCUT2D eigenvalue weighted by Crippen LogP contribution is 2.28. The van der Waals surface area contributed by atoms with Gasteiger partial charge >= 0.3 is 5.69 Å². The predicted octanol–water partition coefficient (Wildman–Crippen LogP) is 2.98. The third kappa shape index (κ3) is 5.00. The molecular formula is C24H25N3O5S. The summed E-state index contributed by atoms with van der Waals surface area (Å²) in [7, 11) is 3.24. The van der Waals surface area contributed by atoms with Crippen molar-refractivity contribution < 1.29 is 14.6 Å². The van der Waals surface area contributed by atoms with Crippen LogP contribution in [0, 0.1) is 0 Å². The van der Waals surface area contributed by atoms with Gasteiger partial charge in [-0.05, 0) is 35.9 Å². The highest BCUT2D eigenvalue weighted by Gasteiger charge is 2.19. The van der Waals surface area contributed by atoms with Crippen LogP contribution in [0.4, 0.5) is 0 Å². The minimum absolute atomic E-state index is 0.147. The fraction of sp³-hybridized carbons (Fsp3) is 0.250. The van der Waals surface area contributed by atoms with Crippen molar-refractivity contribution in [3.8, 4) is 11.5 Å². The molecular weight excluding hydrogens is 442 g/mol. The fourth-order valence-electron chi connectivity index (χ4n) is 3.52. The summed E-state index contributed by atoms with van der Waals surface area (Å²) in [5.74, 6) is 0.891. The summed E-state index contributed by atoms with van der Waals surface area (Å²) >= 11 is 1.34. The molecule has 2 heterocycles. The van der Waals surface area contributed by atoms with E-state index < -0.39 is 6.23 Å². The van der Waals surface area contributed by atoms with Crippen LogP contribution in [0.5, 0.6) is 11.5 Å². The van der Waals surface area contributed by atoms with Gasteiger partial charge in [0.25, 0.3) is 5.56 Å². The number of aryl methyl sites for hydroxylation is 1. The van der Waals surface area contributed by atoms with E-state index in [2.05, 4.69) is 5.32 Å². The Morgan fingerprint density at radius 2 is 1.82 bits per heavy atom. The van der Waals surface area contributed by atoms with Gasteiger partial charge in [-0.2, -0.15) is 0 Å². The van der Waals surface area contributed by atoms with Gasteiger partial charge in [-0.3, -0.25) is 19.2 Å². The average molecular weight is 468 g/mol. The Morgan fingerprint density at radius 1 is 1.09 bits per heavy atom. The molecule has 0 saturated heterocycles. The first-order chi connectivity index (χ1) is 16.0. The SMILES string of the molecule is COC(NCc1ccc(O)cc1)c1cc2c(=O)n(CCOc3ccccc3)c(=O)n(C)c2s1. The van der Waals surface area contributed by atoms with E-state index in [9.17, 15) is 14.7 Å². The lowest BCUT2D eigenvalue weighted by Gasteiger charge is -2.15. The van der Waals surface area contributed by atoms with Crippen LogP contribution in [-0.4, -0.2) is 28.0 Å². The Morgan fingerprint density at radius 3 is 2.52 bits per heavy atom. The first-order valence-electron chi connectivity index (χ1n) is 10.4. The maximum Gasteiger partial charge on any atom is 0.331 e. The first kappa shape index (κ1) is 22.8. The summed E-state index contributed by atoms with van der Waals surface area (Å²) in [5, 5.41) is 13.2. The molecule has 0 spiro atoms. The summed E-state index contributed by atoms with van der Waals surface area (Å²) in [6.07, 6.45) is -0.458. The zero-order valence-corrected chi connectivity index (χ0v) is 19.2. The molecule has 2 N–H and O–H groups in total. The molecule has 4 aromatic rings. The van der Waals surface area contributed by atoms with Crippen LogP contribution < -0.4 is 21.3 Å². The van der Waals surface area contributed by atoms with Crippen LogP contribution in [0.1, 0.15) is 16.7 Å². The summed E-state index contributed by atoms with van der Waals surface area (Å²) < 4.78 is 14.0. The largest absolute Gasteiger partial charge is 0.508 e. The van der Waals surface area contributed by atoms with Crippen molar-refractivity contribution in [3.05, 3.63) is 91.9 Å². The van der Waals surface area contributed by atoms with Gasteiger partial charge in [-0.25, -0.2) is 4.79 Å². The second-order valence-corrected chi connectivity index (χ2v) is 8.55. The standard InChI is InChI=1S/C24H25N3O5S/c1-26-23-19(22(29)27(24(26)30)12-13-32-18-6-4-3-5-7-18)14-20(33-23)21(31-2)25-15-16-8-10-17(28)11-9-16/h3-11,14,21,25,28H,12-13,15H2,1-2H3. The van der Waals surface area contributed by atoms with Crippen molar-refractivity contribution in [2.45, 2.75) is 19.3 Å². The zero-order chi connectivity index (χ0) is 23.4. The summed E-state index contributed by atoms with van der Waals surface area (Å²) in [6.45, 7) is 0.859. The third-order valence-corrected chi connectivity index (χ3v) is 6.53. The number of hydrogen-bond acceptors (Lipinski definition) is 7. The van der Waals surface area contributed by atoms with Gasteiger partial charge in [0.15, 0.2) is 0 Å². The van der Waals surface area contributed by atoms with Crippen molar-refractivity contribution in [2.75, 3.05) is 13.7 Å². The molecule has 0 aliphatic heterocycles. The molecule has 33 heavy (non-hydrogen) atoms. The van der Waals surface area contributed by atoms with Crippen molar-refractivity contribution >= 4 is 21.6 Å². The third-order valence-electron chi connectivity index (χ3n) is 5.28. The van der Waals surface area contributed by atoms with Gasteiger partial charge in [0.1, 0.15) is 29.2 Å². The number of hydrogen-bond donors (Lipinski definition) is 2. The number of rotatable bonds is 9. The number of nitrogens with zero attached hydrogens (tertiary/aromatic N) is 2. The molecule has 0 fully saturated rings. The minimum Gasteiger partial charge on any atom is -0.508 e. The van der Waals surface area contributed by atoms with E-state index in [1.807, 2.05) is 42.5 Å². The van der Waals surface area contributed by atoms with Crippen LogP contribution >= 0.6 is 11.3 Å². The number of ether oxygens (including phenoxy) is 2. The lowest BCUT2D eigenvalue weighted by molar-refractivity contribution is 0.0751. The van der Waals surface area contributed by atoms with Gasteiger partial charge in [0.2, 0.25) is 0 Å². The first-order valence-corrected chi connectivity index (χ1v) is 11.2.